The molecule has 7 nitrogen and oxygen atoms in total. The molecular formula is C17H19FN4O3. The Morgan fingerprint density at radius 3 is 2.80 bits per heavy atom. The predicted molar refractivity (Wildman–Crippen MR) is 88.7 cm³/mol. The van der Waals surface area contributed by atoms with Crippen molar-refractivity contribution in [3.8, 4) is 5.75 Å². The van der Waals surface area contributed by atoms with Gasteiger partial charge in [-0.2, -0.15) is 0 Å². The maximum atomic E-state index is 12.9. The van der Waals surface area contributed by atoms with E-state index in [1.807, 2.05) is 0 Å². The highest BCUT2D eigenvalue weighted by Crippen LogP contribution is 2.22. The quantitative estimate of drug-likeness (QED) is 0.767. The van der Waals surface area contributed by atoms with Gasteiger partial charge in [0.1, 0.15) is 11.6 Å². The summed E-state index contributed by atoms with van der Waals surface area (Å²) in [6.45, 7) is 0.944. The predicted octanol–water partition coefficient (Wildman–Crippen LogP) is 0.979. The molecule has 0 spiro atoms. The fourth-order valence-corrected chi connectivity index (χ4v) is 2.85. The Bertz CT molecular complexity index is 842. The van der Waals surface area contributed by atoms with Crippen LogP contribution in [0, 0.1) is 5.82 Å². The van der Waals surface area contributed by atoms with Crippen molar-refractivity contribution in [3.63, 3.8) is 0 Å². The van der Waals surface area contributed by atoms with Crippen LogP contribution in [0.5, 0.6) is 5.75 Å². The SMILES string of the molecule is Cn1c(C2CCCN2)nc(C(=O)NCc2ccc(F)cc2)c(O)c1=O. The van der Waals surface area contributed by atoms with Crippen LogP contribution < -0.4 is 16.2 Å². The lowest BCUT2D eigenvalue weighted by atomic mass is 10.2. The molecule has 1 aromatic carbocycles. The van der Waals surface area contributed by atoms with Gasteiger partial charge in [0.15, 0.2) is 5.69 Å². The van der Waals surface area contributed by atoms with Crippen molar-refractivity contribution >= 4 is 5.91 Å². The number of nitrogens with one attached hydrogen (secondary N) is 2. The summed E-state index contributed by atoms with van der Waals surface area (Å²) >= 11 is 0. The molecule has 2 aromatic rings. The maximum absolute atomic E-state index is 12.9. The summed E-state index contributed by atoms with van der Waals surface area (Å²) < 4.78 is 14.2. The second kappa shape index (κ2) is 7.02. The van der Waals surface area contributed by atoms with Gasteiger partial charge in [0.2, 0.25) is 5.75 Å². The van der Waals surface area contributed by atoms with Crippen molar-refractivity contribution in [2.75, 3.05) is 6.54 Å². The average Bonchev–Trinajstić information content (AvgIpc) is 3.13. The van der Waals surface area contributed by atoms with Gasteiger partial charge < -0.3 is 15.7 Å². The Balaban J connectivity index is 1.83. The van der Waals surface area contributed by atoms with Crippen LogP contribution in [0.25, 0.3) is 0 Å². The maximum Gasteiger partial charge on any atom is 0.296 e. The standard InChI is InChI=1S/C17H19FN4O3/c1-22-15(12-3-2-8-19-12)21-13(14(23)17(22)25)16(24)20-9-10-4-6-11(18)7-5-10/h4-7,12,19,23H,2-3,8-9H2,1H3,(H,20,24). The first kappa shape index (κ1) is 17.1. The van der Waals surface area contributed by atoms with Gasteiger partial charge in [0.25, 0.3) is 11.5 Å². The molecule has 1 atom stereocenters. The molecule has 8 heteroatoms. The molecule has 3 rings (SSSR count). The van der Waals surface area contributed by atoms with E-state index in [9.17, 15) is 19.1 Å². The smallest absolute Gasteiger partial charge is 0.296 e. The number of aromatic nitrogens is 2. The molecule has 1 unspecified atom stereocenters. The monoisotopic (exact) mass is 346 g/mol. The van der Waals surface area contributed by atoms with E-state index in [4.69, 9.17) is 0 Å². The molecule has 0 radical (unpaired) electrons. The molecule has 1 fully saturated rings. The van der Waals surface area contributed by atoms with Crippen molar-refractivity contribution in [1.82, 2.24) is 20.2 Å². The average molecular weight is 346 g/mol. The molecule has 1 saturated heterocycles. The lowest BCUT2D eigenvalue weighted by molar-refractivity contribution is 0.0941. The van der Waals surface area contributed by atoms with E-state index in [1.54, 1.807) is 12.1 Å². The third-order valence-corrected chi connectivity index (χ3v) is 4.25. The molecule has 3 N–H and O–H groups in total. The van der Waals surface area contributed by atoms with Crippen molar-refractivity contribution in [2.45, 2.75) is 25.4 Å². The highest BCUT2D eigenvalue weighted by molar-refractivity contribution is 5.94. The third-order valence-electron chi connectivity index (χ3n) is 4.25. The molecule has 2 heterocycles. The van der Waals surface area contributed by atoms with Gasteiger partial charge in [-0.05, 0) is 37.1 Å². The zero-order valence-electron chi connectivity index (χ0n) is 13.8. The Hall–Kier alpha value is -2.74. The van der Waals surface area contributed by atoms with Crippen LogP contribution in [0.2, 0.25) is 0 Å². The number of carbonyl (C=O) groups excluding carboxylic acids is 1. The summed E-state index contributed by atoms with van der Waals surface area (Å²) in [5.74, 6) is -1.28. The number of hydrogen-bond acceptors (Lipinski definition) is 5. The first-order valence-corrected chi connectivity index (χ1v) is 8.03. The number of amides is 1. The lowest BCUT2D eigenvalue weighted by Crippen LogP contribution is -2.32. The molecule has 1 amide bonds. The molecular weight excluding hydrogens is 327 g/mol. The second-order valence-electron chi connectivity index (χ2n) is 5.99. The minimum atomic E-state index is -0.680. The molecule has 1 aromatic heterocycles. The number of hydrogen-bond donors (Lipinski definition) is 3. The van der Waals surface area contributed by atoms with Gasteiger partial charge in [-0.25, -0.2) is 9.37 Å². The zero-order valence-corrected chi connectivity index (χ0v) is 13.8. The first-order valence-electron chi connectivity index (χ1n) is 8.03. The number of benzene rings is 1. The third kappa shape index (κ3) is 3.53. The Labute approximate surface area is 143 Å². The number of carbonyl (C=O) groups is 1. The summed E-state index contributed by atoms with van der Waals surface area (Å²) in [7, 11) is 1.52. The molecule has 25 heavy (non-hydrogen) atoms. The van der Waals surface area contributed by atoms with Gasteiger partial charge in [-0.15, -0.1) is 0 Å². The van der Waals surface area contributed by atoms with Crippen LogP contribution in [0.15, 0.2) is 29.1 Å². The summed E-state index contributed by atoms with van der Waals surface area (Å²) in [5.41, 5.74) is -0.268. The minimum absolute atomic E-state index is 0.123. The van der Waals surface area contributed by atoms with E-state index in [1.165, 1.54) is 23.7 Å². The Morgan fingerprint density at radius 1 is 1.44 bits per heavy atom. The van der Waals surface area contributed by atoms with Gasteiger partial charge in [0.05, 0.1) is 6.04 Å². The van der Waals surface area contributed by atoms with Gasteiger partial charge in [-0.3, -0.25) is 14.2 Å². The lowest BCUT2D eigenvalue weighted by Gasteiger charge is -2.16. The zero-order chi connectivity index (χ0) is 18.0. The van der Waals surface area contributed by atoms with Crippen LogP contribution in [0.1, 0.15) is 40.8 Å². The van der Waals surface area contributed by atoms with E-state index in [0.717, 1.165) is 19.4 Å². The van der Waals surface area contributed by atoms with E-state index in [2.05, 4.69) is 15.6 Å². The summed E-state index contributed by atoms with van der Waals surface area (Å²) in [6, 6.07) is 5.54. The van der Waals surface area contributed by atoms with E-state index in [0.29, 0.717) is 11.4 Å². The molecule has 0 bridgehead atoms. The first-order chi connectivity index (χ1) is 12.0. The van der Waals surface area contributed by atoms with E-state index in [-0.39, 0.29) is 24.1 Å². The van der Waals surface area contributed by atoms with Gasteiger partial charge in [0, 0.05) is 13.6 Å². The Kier molecular flexibility index (Phi) is 4.80. The van der Waals surface area contributed by atoms with Crippen LogP contribution in [-0.4, -0.2) is 27.1 Å². The Morgan fingerprint density at radius 2 is 2.16 bits per heavy atom. The second-order valence-corrected chi connectivity index (χ2v) is 5.99. The number of rotatable bonds is 4. The highest BCUT2D eigenvalue weighted by Gasteiger charge is 2.26. The van der Waals surface area contributed by atoms with Crippen molar-refractivity contribution in [3.05, 3.63) is 57.5 Å². The summed E-state index contributed by atoms with van der Waals surface area (Å²) in [4.78, 5) is 28.8. The van der Waals surface area contributed by atoms with Gasteiger partial charge in [-0.1, -0.05) is 12.1 Å². The fourth-order valence-electron chi connectivity index (χ4n) is 2.85. The normalized spacial score (nSPS) is 16.8. The van der Waals surface area contributed by atoms with Crippen molar-refractivity contribution < 1.29 is 14.3 Å². The topological polar surface area (TPSA) is 96.2 Å². The van der Waals surface area contributed by atoms with E-state index >= 15 is 0 Å². The van der Waals surface area contributed by atoms with Crippen LogP contribution in [0.4, 0.5) is 4.39 Å². The van der Waals surface area contributed by atoms with Crippen molar-refractivity contribution in [1.29, 1.82) is 0 Å². The largest absolute Gasteiger partial charge is 0.501 e. The minimum Gasteiger partial charge on any atom is -0.501 e. The van der Waals surface area contributed by atoms with Gasteiger partial charge >= 0.3 is 0 Å². The molecule has 0 aliphatic carbocycles. The van der Waals surface area contributed by atoms with Crippen LogP contribution >= 0.6 is 0 Å². The van der Waals surface area contributed by atoms with Crippen molar-refractivity contribution in [2.24, 2.45) is 7.05 Å². The summed E-state index contributed by atoms with van der Waals surface area (Å²) in [5, 5.41) is 15.8. The van der Waals surface area contributed by atoms with Crippen LogP contribution in [0.3, 0.4) is 0 Å². The fraction of sp³-hybridized carbons (Fsp3) is 0.353. The molecule has 0 saturated carbocycles. The van der Waals surface area contributed by atoms with E-state index < -0.39 is 17.2 Å². The molecule has 132 valence electrons. The number of halogens is 1. The van der Waals surface area contributed by atoms with Crippen LogP contribution in [-0.2, 0) is 13.6 Å². The number of nitrogens with zero attached hydrogens (tertiary/aromatic N) is 2. The number of aromatic hydroxyl groups is 1. The summed E-state index contributed by atoms with van der Waals surface area (Å²) in [6.07, 6.45) is 1.76. The highest BCUT2D eigenvalue weighted by atomic mass is 19.1. The molecule has 1 aliphatic rings. The molecule has 1 aliphatic heterocycles.